The van der Waals surface area contributed by atoms with Gasteiger partial charge in [0.1, 0.15) is 4.90 Å². The first-order valence-corrected chi connectivity index (χ1v) is 10.7. The van der Waals surface area contributed by atoms with Gasteiger partial charge >= 0.3 is 10.1 Å². The minimum atomic E-state index is -4.14. The number of aryl methyl sites for hydroxylation is 1. The van der Waals surface area contributed by atoms with E-state index >= 15 is 0 Å². The third-order valence-corrected chi connectivity index (χ3v) is 5.63. The Morgan fingerprint density at radius 1 is 0.750 bits per heavy atom. The van der Waals surface area contributed by atoms with Gasteiger partial charge in [0.15, 0.2) is 23.0 Å². The van der Waals surface area contributed by atoms with Crippen LogP contribution in [0.4, 0.5) is 11.4 Å². The van der Waals surface area contributed by atoms with Crippen molar-refractivity contribution in [3.63, 3.8) is 0 Å². The van der Waals surface area contributed by atoms with Crippen LogP contribution in [0.5, 0.6) is 28.7 Å². The molecule has 0 aliphatic rings. The van der Waals surface area contributed by atoms with Crippen LogP contribution < -0.4 is 18.4 Å². The Hall–Kier alpha value is -3.79. The molecule has 32 heavy (non-hydrogen) atoms. The highest BCUT2D eigenvalue weighted by molar-refractivity contribution is 7.87. The first-order valence-electron chi connectivity index (χ1n) is 9.33. The molecule has 0 aromatic heterocycles. The summed E-state index contributed by atoms with van der Waals surface area (Å²) in [7, 11) is 0.314. The molecule has 9 nitrogen and oxygen atoms in total. The zero-order chi connectivity index (χ0) is 23.3. The number of methoxy groups -OCH3 is 3. The van der Waals surface area contributed by atoms with Crippen LogP contribution in [0.2, 0.25) is 0 Å². The number of rotatable bonds is 8. The summed E-state index contributed by atoms with van der Waals surface area (Å²) >= 11 is 0. The van der Waals surface area contributed by atoms with E-state index in [4.69, 9.17) is 18.4 Å². The van der Waals surface area contributed by atoms with E-state index in [2.05, 4.69) is 10.2 Å². The lowest BCUT2D eigenvalue weighted by molar-refractivity contribution is 0.324. The molecule has 10 heteroatoms. The zero-order valence-corrected chi connectivity index (χ0v) is 18.7. The zero-order valence-electron chi connectivity index (χ0n) is 17.9. The smallest absolute Gasteiger partial charge is 0.339 e. The van der Waals surface area contributed by atoms with Crippen molar-refractivity contribution in [1.29, 1.82) is 0 Å². The minimum Gasteiger partial charge on any atom is -0.504 e. The summed E-state index contributed by atoms with van der Waals surface area (Å²) in [6.45, 7) is 1.84. The van der Waals surface area contributed by atoms with Crippen LogP contribution in [0, 0.1) is 6.92 Å². The number of hydrogen-bond acceptors (Lipinski definition) is 9. The van der Waals surface area contributed by atoms with Crippen molar-refractivity contribution < 1.29 is 31.9 Å². The van der Waals surface area contributed by atoms with Crippen LogP contribution in [-0.2, 0) is 10.1 Å². The Morgan fingerprint density at radius 3 is 1.88 bits per heavy atom. The average Bonchev–Trinajstić information content (AvgIpc) is 2.78. The molecule has 3 aromatic carbocycles. The molecular weight excluding hydrogens is 436 g/mol. The fourth-order valence-corrected chi connectivity index (χ4v) is 3.68. The van der Waals surface area contributed by atoms with E-state index in [9.17, 15) is 13.5 Å². The Bertz CT molecular complexity index is 1210. The summed E-state index contributed by atoms with van der Waals surface area (Å²) in [6, 6.07) is 13.4. The Kier molecular flexibility index (Phi) is 6.84. The van der Waals surface area contributed by atoms with Gasteiger partial charge in [-0.25, -0.2) is 0 Å². The number of nitrogens with zero attached hydrogens (tertiary/aromatic N) is 2. The predicted molar refractivity (Wildman–Crippen MR) is 117 cm³/mol. The molecule has 0 atom stereocenters. The van der Waals surface area contributed by atoms with Crippen molar-refractivity contribution >= 4 is 21.5 Å². The van der Waals surface area contributed by atoms with Gasteiger partial charge < -0.3 is 23.5 Å². The number of phenols is 1. The molecule has 0 radical (unpaired) electrons. The topological polar surface area (TPSA) is 116 Å². The van der Waals surface area contributed by atoms with Crippen molar-refractivity contribution in [3.05, 3.63) is 60.2 Å². The van der Waals surface area contributed by atoms with E-state index in [0.717, 1.165) is 5.56 Å². The molecule has 0 aliphatic heterocycles. The molecule has 3 rings (SSSR count). The third-order valence-electron chi connectivity index (χ3n) is 4.38. The van der Waals surface area contributed by atoms with Gasteiger partial charge in [-0.1, -0.05) is 17.7 Å². The van der Waals surface area contributed by atoms with Crippen LogP contribution in [0.15, 0.2) is 69.7 Å². The Labute approximate surface area is 186 Å². The number of azo groups is 1. The van der Waals surface area contributed by atoms with Crippen LogP contribution in [0.25, 0.3) is 0 Å². The lowest BCUT2D eigenvalue weighted by Crippen LogP contribution is -2.09. The van der Waals surface area contributed by atoms with Crippen molar-refractivity contribution in [2.75, 3.05) is 21.3 Å². The summed E-state index contributed by atoms with van der Waals surface area (Å²) in [5.74, 6) is 0.592. The molecule has 0 amide bonds. The molecule has 0 saturated carbocycles. The summed E-state index contributed by atoms with van der Waals surface area (Å²) < 4.78 is 46.0. The fraction of sp³-hybridized carbons (Fsp3) is 0.182. The van der Waals surface area contributed by atoms with Crippen LogP contribution in [0.3, 0.4) is 0 Å². The molecule has 0 spiro atoms. The molecule has 168 valence electrons. The van der Waals surface area contributed by atoms with E-state index in [1.807, 2.05) is 6.92 Å². The van der Waals surface area contributed by atoms with Gasteiger partial charge in [0, 0.05) is 18.2 Å². The lowest BCUT2D eigenvalue weighted by atomic mass is 10.2. The van der Waals surface area contributed by atoms with E-state index in [-0.39, 0.29) is 22.1 Å². The maximum Gasteiger partial charge on any atom is 0.339 e. The quantitative estimate of drug-likeness (QED) is 0.377. The molecule has 3 aromatic rings. The van der Waals surface area contributed by atoms with Crippen molar-refractivity contribution in [3.8, 4) is 28.7 Å². The maximum atomic E-state index is 12.5. The molecular formula is C22H22N2O7S. The SMILES string of the molecule is COc1cc(N=Nc2ccc(O)c(OS(=O)(=O)c3ccc(C)cc3)c2)cc(OC)c1OC. The van der Waals surface area contributed by atoms with E-state index in [1.54, 1.807) is 24.3 Å². The number of benzene rings is 3. The van der Waals surface area contributed by atoms with Crippen molar-refractivity contribution in [1.82, 2.24) is 0 Å². The fourth-order valence-electron chi connectivity index (χ4n) is 2.74. The van der Waals surface area contributed by atoms with Crippen LogP contribution in [-0.4, -0.2) is 34.9 Å². The van der Waals surface area contributed by atoms with E-state index in [0.29, 0.717) is 22.9 Å². The monoisotopic (exact) mass is 458 g/mol. The van der Waals surface area contributed by atoms with Gasteiger partial charge in [-0.2, -0.15) is 18.6 Å². The molecule has 0 aliphatic carbocycles. The Morgan fingerprint density at radius 2 is 1.31 bits per heavy atom. The molecule has 0 fully saturated rings. The van der Waals surface area contributed by atoms with Crippen LogP contribution in [0.1, 0.15) is 5.56 Å². The molecule has 0 heterocycles. The second kappa shape index (κ2) is 9.56. The van der Waals surface area contributed by atoms with Crippen molar-refractivity contribution in [2.45, 2.75) is 11.8 Å². The van der Waals surface area contributed by atoms with E-state index < -0.39 is 10.1 Å². The highest BCUT2D eigenvalue weighted by Gasteiger charge is 2.19. The number of phenolic OH excluding ortho intramolecular Hbond substituents is 1. The first-order chi connectivity index (χ1) is 15.3. The van der Waals surface area contributed by atoms with Gasteiger partial charge in [0.25, 0.3) is 0 Å². The Balaban J connectivity index is 1.89. The number of hydrogen-bond donors (Lipinski definition) is 1. The number of ether oxygens (including phenoxy) is 3. The van der Waals surface area contributed by atoms with E-state index in [1.165, 1.54) is 51.7 Å². The molecule has 0 unspecified atom stereocenters. The minimum absolute atomic E-state index is 0.0352. The molecule has 0 bridgehead atoms. The normalized spacial score (nSPS) is 11.4. The maximum absolute atomic E-state index is 12.5. The standard InChI is InChI=1S/C22H22N2O7S/c1-14-5-8-17(9-6-14)32(26,27)31-19-11-15(7-10-18(19)25)23-24-16-12-20(28-2)22(30-4)21(13-16)29-3/h5-13,25H,1-4H3. The number of aromatic hydroxyl groups is 1. The van der Waals surface area contributed by atoms with Gasteiger partial charge in [-0.3, -0.25) is 0 Å². The first kappa shape index (κ1) is 22.9. The molecule has 0 saturated heterocycles. The average molecular weight is 458 g/mol. The summed E-state index contributed by atoms with van der Waals surface area (Å²) in [5, 5.41) is 18.3. The summed E-state index contributed by atoms with van der Waals surface area (Å²) in [5.41, 5.74) is 1.56. The van der Waals surface area contributed by atoms with Gasteiger partial charge in [-0.05, 0) is 31.2 Å². The molecule has 1 N–H and O–H groups in total. The summed E-state index contributed by atoms with van der Waals surface area (Å²) in [6.07, 6.45) is 0. The summed E-state index contributed by atoms with van der Waals surface area (Å²) in [4.78, 5) is -0.0352. The van der Waals surface area contributed by atoms with Gasteiger partial charge in [0.05, 0.1) is 32.7 Å². The van der Waals surface area contributed by atoms with Gasteiger partial charge in [-0.15, -0.1) is 0 Å². The van der Waals surface area contributed by atoms with Crippen molar-refractivity contribution in [2.24, 2.45) is 10.2 Å². The largest absolute Gasteiger partial charge is 0.504 e. The van der Waals surface area contributed by atoms with Crippen LogP contribution >= 0.6 is 0 Å². The highest BCUT2D eigenvalue weighted by Crippen LogP contribution is 2.41. The predicted octanol–water partition coefficient (Wildman–Crippen LogP) is 4.91. The second-order valence-corrected chi connectivity index (χ2v) is 8.13. The highest BCUT2D eigenvalue weighted by atomic mass is 32.2. The third kappa shape index (κ3) is 5.09. The van der Waals surface area contributed by atoms with Gasteiger partial charge in [0.2, 0.25) is 5.75 Å². The second-order valence-electron chi connectivity index (χ2n) is 6.59. The lowest BCUT2D eigenvalue weighted by Gasteiger charge is -2.12.